The van der Waals surface area contributed by atoms with Crippen molar-refractivity contribution in [3.8, 4) is 0 Å². The monoisotopic (exact) mass is 1040 g/mol. The third kappa shape index (κ3) is 61.0. The summed E-state index contributed by atoms with van der Waals surface area (Å²) in [6.45, 7) is 3.85. The van der Waals surface area contributed by atoms with Gasteiger partial charge in [-0.25, -0.2) is 0 Å². The predicted octanol–water partition coefficient (Wildman–Crippen LogP) is 20.6. The van der Waals surface area contributed by atoms with Crippen molar-refractivity contribution in [1.29, 1.82) is 0 Å². The van der Waals surface area contributed by atoms with E-state index in [-0.39, 0.29) is 25.2 Å². The van der Waals surface area contributed by atoms with Gasteiger partial charge in [-0.1, -0.05) is 253 Å². The van der Waals surface area contributed by atoms with E-state index in [0.717, 1.165) is 167 Å². The molecule has 0 heterocycles. The van der Waals surface area contributed by atoms with Gasteiger partial charge in [-0.05, 0) is 148 Å². The molecule has 0 aromatic rings. The zero-order chi connectivity index (χ0) is 54.8. The number of esters is 2. The minimum Gasteiger partial charge on any atom is -0.462 e. The summed E-state index contributed by atoms with van der Waals surface area (Å²) in [5, 5.41) is 9.66. The molecule has 1 atom stereocenters. The van der Waals surface area contributed by atoms with Gasteiger partial charge < -0.3 is 14.6 Å². The van der Waals surface area contributed by atoms with Crippen molar-refractivity contribution in [1.82, 2.24) is 0 Å². The Labute approximate surface area is 466 Å². The summed E-state index contributed by atoms with van der Waals surface area (Å²) < 4.78 is 10.7. The number of aliphatic hydroxyl groups is 1. The molecule has 0 radical (unpaired) electrons. The fourth-order valence-electron chi connectivity index (χ4n) is 7.21. The Morgan fingerprint density at radius 1 is 0.303 bits per heavy atom. The third-order valence-corrected chi connectivity index (χ3v) is 11.6. The van der Waals surface area contributed by atoms with Crippen LogP contribution in [0.25, 0.3) is 0 Å². The molecule has 0 aromatic heterocycles. The van der Waals surface area contributed by atoms with Crippen LogP contribution in [0.1, 0.15) is 206 Å². The molecule has 0 fully saturated rings. The SMILES string of the molecule is CC/C=C\C/C=C\C/C=C\C/C=C\C/C=C\C/C=C\C/C=C\C/C=C\C/C=C\CCCCCC(=O)OC(CO)COC(=O)CCCCCCCC/C=C\C/C=C\C/C=C\C/C=C\C/C=C\C/C=C\C/C=C\C/C=C\CC. The van der Waals surface area contributed by atoms with Crippen molar-refractivity contribution in [2.75, 3.05) is 13.2 Å². The average Bonchev–Trinajstić information content (AvgIpc) is 3.42. The normalized spacial score (nSPS) is 13.8. The lowest BCUT2D eigenvalue weighted by Crippen LogP contribution is -2.28. The lowest BCUT2D eigenvalue weighted by Gasteiger charge is -2.15. The van der Waals surface area contributed by atoms with Crippen LogP contribution in [0.4, 0.5) is 0 Å². The van der Waals surface area contributed by atoms with Crippen LogP contribution in [-0.2, 0) is 19.1 Å². The molecule has 0 aliphatic heterocycles. The first-order chi connectivity index (χ1) is 37.6. The fourth-order valence-corrected chi connectivity index (χ4v) is 7.21. The number of rotatable bonds is 51. The van der Waals surface area contributed by atoms with Gasteiger partial charge in [0, 0.05) is 12.8 Å². The Bertz CT molecular complexity index is 1840. The third-order valence-electron chi connectivity index (χ3n) is 11.6. The zero-order valence-corrected chi connectivity index (χ0v) is 47.9. The van der Waals surface area contributed by atoms with Crippen LogP contribution in [0.2, 0.25) is 0 Å². The number of carbonyl (C=O) groups excluding carboxylic acids is 2. The zero-order valence-electron chi connectivity index (χ0n) is 47.9. The van der Waals surface area contributed by atoms with Gasteiger partial charge in [0.05, 0.1) is 6.61 Å². The van der Waals surface area contributed by atoms with Gasteiger partial charge in [0.25, 0.3) is 0 Å². The van der Waals surface area contributed by atoms with E-state index in [1.165, 1.54) is 12.8 Å². The molecule has 0 aliphatic rings. The second-order valence-electron chi connectivity index (χ2n) is 18.6. The van der Waals surface area contributed by atoms with Crippen molar-refractivity contribution in [2.24, 2.45) is 0 Å². The maximum Gasteiger partial charge on any atom is 0.306 e. The van der Waals surface area contributed by atoms with Crippen molar-refractivity contribution >= 4 is 11.9 Å². The molecule has 0 saturated carbocycles. The van der Waals surface area contributed by atoms with E-state index in [4.69, 9.17) is 9.47 Å². The highest BCUT2D eigenvalue weighted by Gasteiger charge is 2.16. The minimum atomic E-state index is -0.816. The Balaban J connectivity index is 3.71. The van der Waals surface area contributed by atoms with Crippen LogP contribution in [0.3, 0.4) is 0 Å². The maximum absolute atomic E-state index is 12.3. The molecular weight excluding hydrogens is 933 g/mol. The van der Waals surface area contributed by atoms with E-state index in [2.05, 4.69) is 220 Å². The van der Waals surface area contributed by atoms with Crippen LogP contribution in [0.5, 0.6) is 0 Å². The Hall–Kier alpha value is -5.52. The van der Waals surface area contributed by atoms with Gasteiger partial charge >= 0.3 is 11.9 Å². The molecule has 0 aromatic carbocycles. The van der Waals surface area contributed by atoms with Crippen LogP contribution in [0, 0.1) is 0 Å². The van der Waals surface area contributed by atoms with Gasteiger partial charge in [-0.2, -0.15) is 0 Å². The van der Waals surface area contributed by atoms with Crippen LogP contribution in [-0.4, -0.2) is 36.4 Å². The quantitative estimate of drug-likeness (QED) is 0.0373. The van der Waals surface area contributed by atoms with Crippen molar-refractivity contribution in [3.05, 3.63) is 207 Å². The lowest BCUT2D eigenvalue weighted by molar-refractivity contribution is -0.161. The van der Waals surface area contributed by atoms with E-state index in [0.29, 0.717) is 12.8 Å². The largest absolute Gasteiger partial charge is 0.462 e. The van der Waals surface area contributed by atoms with Crippen molar-refractivity contribution < 1.29 is 24.2 Å². The molecule has 0 spiro atoms. The molecule has 0 rings (SSSR count). The summed E-state index contributed by atoms with van der Waals surface area (Å²) in [7, 11) is 0. The molecular formula is C71H106O5. The van der Waals surface area contributed by atoms with Crippen LogP contribution < -0.4 is 0 Å². The minimum absolute atomic E-state index is 0.103. The second-order valence-corrected chi connectivity index (χ2v) is 18.6. The Morgan fingerprint density at radius 2 is 0.526 bits per heavy atom. The molecule has 0 aliphatic carbocycles. The van der Waals surface area contributed by atoms with E-state index >= 15 is 0 Å². The van der Waals surface area contributed by atoms with Gasteiger partial charge in [0.2, 0.25) is 0 Å². The first-order valence-electron chi connectivity index (χ1n) is 29.6. The summed E-state index contributed by atoms with van der Waals surface area (Å²) in [6, 6.07) is 0. The van der Waals surface area contributed by atoms with E-state index in [1.54, 1.807) is 0 Å². The summed E-state index contributed by atoms with van der Waals surface area (Å²) in [4.78, 5) is 24.6. The summed E-state index contributed by atoms with van der Waals surface area (Å²) in [5.41, 5.74) is 0. The van der Waals surface area contributed by atoms with E-state index < -0.39 is 6.10 Å². The Kier molecular flexibility index (Phi) is 59.1. The first kappa shape index (κ1) is 70.5. The molecule has 0 saturated heterocycles. The number of carbonyl (C=O) groups is 2. The standard InChI is InChI=1S/C71H106O5/c1-3-5-7-9-11-13-15-17-19-21-23-25-27-29-31-33-35-37-39-41-43-45-47-49-51-53-55-57-59-61-63-65-70(73)75-68-69(67-72)76-71(74)66-64-62-60-58-56-54-52-50-48-46-44-42-40-38-36-34-32-30-28-26-24-22-20-18-16-14-12-10-8-6-4-2/h5-8,11-14,17-20,23-26,29-32,35-38,41-44,47-50,54,56,69,72H,3-4,9-10,15-16,21-22,27-28,33-34,39-40,45-46,51-53,55,57-68H2,1-2H3/b7-5-,8-6-,13-11-,14-12-,19-17-,20-18-,25-23-,26-24-,31-29-,32-30-,37-35-,38-36-,43-41-,44-42-,49-47-,50-48-,56-54-. The number of hydrogen-bond acceptors (Lipinski definition) is 5. The highest BCUT2D eigenvalue weighted by atomic mass is 16.6. The van der Waals surface area contributed by atoms with E-state index in [1.807, 2.05) is 0 Å². The molecule has 0 bridgehead atoms. The number of aliphatic hydroxyl groups excluding tert-OH is 1. The summed E-state index contributed by atoms with van der Waals surface area (Å²) in [5.74, 6) is -0.665. The number of unbranched alkanes of at least 4 members (excludes halogenated alkanes) is 9. The van der Waals surface area contributed by atoms with Crippen LogP contribution >= 0.6 is 0 Å². The number of hydrogen-bond donors (Lipinski definition) is 1. The van der Waals surface area contributed by atoms with Crippen molar-refractivity contribution in [2.45, 2.75) is 213 Å². The second kappa shape index (κ2) is 63.8. The molecule has 420 valence electrons. The molecule has 5 heteroatoms. The van der Waals surface area contributed by atoms with Gasteiger partial charge in [-0.3, -0.25) is 9.59 Å². The Morgan fingerprint density at radius 3 is 0.803 bits per heavy atom. The van der Waals surface area contributed by atoms with Crippen LogP contribution in [0.15, 0.2) is 207 Å². The summed E-state index contributed by atoms with van der Waals surface area (Å²) >= 11 is 0. The highest BCUT2D eigenvalue weighted by Crippen LogP contribution is 2.11. The molecule has 0 amide bonds. The molecule has 76 heavy (non-hydrogen) atoms. The van der Waals surface area contributed by atoms with Gasteiger partial charge in [-0.15, -0.1) is 0 Å². The topological polar surface area (TPSA) is 72.8 Å². The fraction of sp³-hybridized carbons (Fsp3) is 0.493. The average molecular weight is 1040 g/mol. The molecule has 5 nitrogen and oxygen atoms in total. The summed E-state index contributed by atoms with van der Waals surface area (Å²) in [6.07, 6.45) is 104. The molecule has 1 N–H and O–H groups in total. The van der Waals surface area contributed by atoms with Crippen molar-refractivity contribution in [3.63, 3.8) is 0 Å². The number of allylic oxidation sites excluding steroid dienone is 34. The maximum atomic E-state index is 12.3. The van der Waals surface area contributed by atoms with E-state index in [9.17, 15) is 14.7 Å². The van der Waals surface area contributed by atoms with Gasteiger partial charge in [0.15, 0.2) is 6.10 Å². The smallest absolute Gasteiger partial charge is 0.306 e. The predicted molar refractivity (Wildman–Crippen MR) is 333 cm³/mol. The molecule has 1 unspecified atom stereocenters. The lowest BCUT2D eigenvalue weighted by atomic mass is 10.1. The van der Waals surface area contributed by atoms with Gasteiger partial charge in [0.1, 0.15) is 6.61 Å². The first-order valence-corrected chi connectivity index (χ1v) is 29.6. The highest BCUT2D eigenvalue weighted by molar-refractivity contribution is 5.70. The number of ether oxygens (including phenoxy) is 2.